The summed E-state index contributed by atoms with van der Waals surface area (Å²) >= 11 is 16.8. The van der Waals surface area contributed by atoms with Crippen molar-refractivity contribution >= 4 is 84.7 Å². The fourth-order valence-electron chi connectivity index (χ4n) is 3.85. The molecule has 4 aromatic rings. The van der Waals surface area contributed by atoms with Gasteiger partial charge < -0.3 is 4.57 Å². The van der Waals surface area contributed by atoms with Gasteiger partial charge in [0.1, 0.15) is 5.82 Å². The second kappa shape index (κ2) is 9.23. The highest BCUT2D eigenvalue weighted by Crippen LogP contribution is 2.39. The van der Waals surface area contributed by atoms with Crippen LogP contribution >= 0.6 is 50.9 Å². The largest absolute Gasteiger partial charge is 0.342 e. The first-order valence-corrected chi connectivity index (χ1v) is 12.4. The van der Waals surface area contributed by atoms with Crippen molar-refractivity contribution in [2.24, 2.45) is 0 Å². The number of nitrogens with zero attached hydrogens (tertiary/aromatic N) is 2. The summed E-state index contributed by atoms with van der Waals surface area (Å²) in [5.74, 6) is -0.843. The minimum atomic E-state index is -0.448. The molecular formula is C25H14BrCl2FN2O2S. The van der Waals surface area contributed by atoms with Gasteiger partial charge in [-0.25, -0.2) is 9.29 Å². The fraction of sp³-hybridized carbons (Fsp3) is 0.0400. The number of aromatic nitrogens is 1. The molecule has 3 aromatic carbocycles. The molecule has 1 aromatic heterocycles. The number of hydrogen-bond acceptors (Lipinski definition) is 3. The van der Waals surface area contributed by atoms with Crippen LogP contribution < -0.4 is 4.90 Å². The predicted octanol–water partition coefficient (Wildman–Crippen LogP) is 8.14. The highest BCUT2D eigenvalue weighted by atomic mass is 79.9. The van der Waals surface area contributed by atoms with E-state index in [1.807, 2.05) is 29.0 Å². The van der Waals surface area contributed by atoms with Gasteiger partial charge in [-0.3, -0.25) is 9.59 Å². The van der Waals surface area contributed by atoms with Crippen LogP contribution in [0.25, 0.3) is 17.0 Å². The van der Waals surface area contributed by atoms with Crippen molar-refractivity contribution in [3.05, 3.63) is 103 Å². The molecule has 0 spiro atoms. The number of anilines is 1. The van der Waals surface area contributed by atoms with Gasteiger partial charge in [-0.1, -0.05) is 57.3 Å². The SMILES string of the molecule is O=C1S/C(=C\c2cn(Cc3c(F)cccc3Cl)c3ccc(Br)cc23)C(=O)N1c1ccccc1Cl. The molecule has 170 valence electrons. The summed E-state index contributed by atoms with van der Waals surface area (Å²) in [6, 6.07) is 17.0. The Balaban J connectivity index is 1.58. The van der Waals surface area contributed by atoms with E-state index in [0.717, 1.165) is 32.0 Å². The van der Waals surface area contributed by atoms with Crippen molar-refractivity contribution in [1.29, 1.82) is 0 Å². The van der Waals surface area contributed by atoms with Gasteiger partial charge in [0, 0.05) is 37.7 Å². The van der Waals surface area contributed by atoms with Crippen LogP contribution in [0, 0.1) is 5.82 Å². The standard InChI is InChI=1S/C25H14BrCl2FN2O2S/c26-15-8-9-21-16(11-15)14(12-30(21)13-17-18(27)5-3-6-20(17)29)10-23-24(32)31(25(33)34-23)22-7-2-1-4-19(22)28/h1-12H,13H2/b23-10-. The molecule has 0 N–H and O–H groups in total. The number of carbonyl (C=O) groups is 2. The van der Waals surface area contributed by atoms with E-state index >= 15 is 0 Å². The zero-order valence-electron chi connectivity index (χ0n) is 17.3. The van der Waals surface area contributed by atoms with Gasteiger partial charge in [-0.05, 0) is 60.3 Å². The Morgan fingerprint density at radius 3 is 2.53 bits per heavy atom. The van der Waals surface area contributed by atoms with Crippen molar-refractivity contribution in [2.45, 2.75) is 6.54 Å². The van der Waals surface area contributed by atoms with Crippen LogP contribution in [0.1, 0.15) is 11.1 Å². The maximum atomic E-state index is 14.4. The van der Waals surface area contributed by atoms with Crippen LogP contribution in [0.3, 0.4) is 0 Å². The average molecular weight is 576 g/mol. The third-order valence-electron chi connectivity index (χ3n) is 5.44. The molecule has 2 heterocycles. The first-order chi connectivity index (χ1) is 16.3. The van der Waals surface area contributed by atoms with Gasteiger partial charge in [0.2, 0.25) is 0 Å². The molecule has 0 saturated carbocycles. The molecule has 0 radical (unpaired) electrons. The van der Waals surface area contributed by atoms with E-state index < -0.39 is 17.0 Å². The van der Waals surface area contributed by atoms with E-state index in [9.17, 15) is 14.0 Å². The lowest BCUT2D eigenvalue weighted by atomic mass is 10.1. The van der Waals surface area contributed by atoms with Crippen LogP contribution in [0.4, 0.5) is 14.9 Å². The van der Waals surface area contributed by atoms with Gasteiger partial charge in [-0.2, -0.15) is 0 Å². The predicted molar refractivity (Wildman–Crippen MR) is 140 cm³/mol. The summed E-state index contributed by atoms with van der Waals surface area (Å²) in [5, 5.41) is 1.06. The second-order valence-electron chi connectivity index (χ2n) is 7.54. The summed E-state index contributed by atoms with van der Waals surface area (Å²) in [7, 11) is 0. The molecular weight excluding hydrogens is 562 g/mol. The summed E-state index contributed by atoms with van der Waals surface area (Å²) in [6.07, 6.45) is 3.50. The molecule has 1 saturated heterocycles. The molecule has 1 aliphatic heterocycles. The smallest absolute Gasteiger partial charge is 0.298 e. The zero-order valence-corrected chi connectivity index (χ0v) is 21.2. The second-order valence-corrected chi connectivity index (χ2v) is 10.3. The van der Waals surface area contributed by atoms with E-state index in [0.29, 0.717) is 26.9 Å². The number of amides is 2. The average Bonchev–Trinajstić information content (AvgIpc) is 3.27. The lowest BCUT2D eigenvalue weighted by Crippen LogP contribution is -2.27. The summed E-state index contributed by atoms with van der Waals surface area (Å²) < 4.78 is 17.2. The maximum Gasteiger partial charge on any atom is 0.298 e. The van der Waals surface area contributed by atoms with Crippen LogP contribution in [0.2, 0.25) is 10.0 Å². The number of benzene rings is 3. The molecule has 9 heteroatoms. The number of fused-ring (bicyclic) bond motifs is 1. The van der Waals surface area contributed by atoms with E-state index in [4.69, 9.17) is 23.2 Å². The number of rotatable bonds is 4. The first kappa shape index (κ1) is 23.2. The van der Waals surface area contributed by atoms with Gasteiger partial charge in [0.25, 0.3) is 11.1 Å². The van der Waals surface area contributed by atoms with Crippen molar-refractivity contribution < 1.29 is 14.0 Å². The van der Waals surface area contributed by atoms with Crippen molar-refractivity contribution in [3.8, 4) is 0 Å². The summed E-state index contributed by atoms with van der Waals surface area (Å²) in [6.45, 7) is 0.207. The van der Waals surface area contributed by atoms with E-state index in [2.05, 4.69) is 15.9 Å². The van der Waals surface area contributed by atoms with Crippen LogP contribution in [0.15, 0.2) is 76.2 Å². The Kier molecular flexibility index (Phi) is 6.29. The Morgan fingerprint density at radius 1 is 1.00 bits per heavy atom. The zero-order chi connectivity index (χ0) is 24.0. The number of thioether (sulfide) groups is 1. The third kappa shape index (κ3) is 4.18. The molecule has 0 bridgehead atoms. The molecule has 1 aliphatic rings. The maximum absolute atomic E-state index is 14.4. The number of imide groups is 1. The Hall–Kier alpha value is -2.58. The number of carbonyl (C=O) groups excluding carboxylic acids is 2. The number of hydrogen-bond donors (Lipinski definition) is 0. The molecule has 0 aliphatic carbocycles. The molecule has 2 amide bonds. The molecule has 0 atom stereocenters. The molecule has 34 heavy (non-hydrogen) atoms. The minimum Gasteiger partial charge on any atom is -0.342 e. The van der Waals surface area contributed by atoms with Crippen LogP contribution in [-0.2, 0) is 11.3 Å². The Morgan fingerprint density at radius 2 is 1.76 bits per heavy atom. The number of halogens is 4. The van der Waals surface area contributed by atoms with Gasteiger partial charge in [0.15, 0.2) is 0 Å². The van der Waals surface area contributed by atoms with Crippen molar-refractivity contribution in [3.63, 3.8) is 0 Å². The van der Waals surface area contributed by atoms with E-state index in [-0.39, 0.29) is 11.4 Å². The molecule has 5 rings (SSSR count). The van der Waals surface area contributed by atoms with Crippen molar-refractivity contribution in [2.75, 3.05) is 4.90 Å². The van der Waals surface area contributed by atoms with E-state index in [1.165, 1.54) is 6.07 Å². The molecule has 1 fully saturated rings. The minimum absolute atomic E-state index is 0.207. The highest BCUT2D eigenvalue weighted by Gasteiger charge is 2.37. The quantitative estimate of drug-likeness (QED) is 0.231. The Bertz CT molecular complexity index is 1500. The Labute approximate surface area is 217 Å². The first-order valence-electron chi connectivity index (χ1n) is 10.1. The van der Waals surface area contributed by atoms with Crippen molar-refractivity contribution in [1.82, 2.24) is 4.57 Å². The topological polar surface area (TPSA) is 42.3 Å². The van der Waals surface area contributed by atoms with E-state index in [1.54, 1.807) is 42.5 Å². The monoisotopic (exact) mass is 574 g/mol. The van der Waals surface area contributed by atoms with Gasteiger partial charge >= 0.3 is 0 Å². The summed E-state index contributed by atoms with van der Waals surface area (Å²) in [5.41, 5.74) is 2.26. The molecule has 4 nitrogen and oxygen atoms in total. The van der Waals surface area contributed by atoms with Crippen LogP contribution in [-0.4, -0.2) is 15.7 Å². The fourth-order valence-corrected chi connectivity index (χ4v) is 5.48. The van der Waals surface area contributed by atoms with Gasteiger partial charge in [0.05, 0.1) is 22.2 Å². The normalized spacial score (nSPS) is 15.2. The lowest BCUT2D eigenvalue weighted by Gasteiger charge is -2.13. The highest BCUT2D eigenvalue weighted by molar-refractivity contribution is 9.10. The van der Waals surface area contributed by atoms with Crippen LogP contribution in [0.5, 0.6) is 0 Å². The number of para-hydroxylation sites is 1. The van der Waals surface area contributed by atoms with Gasteiger partial charge in [-0.15, -0.1) is 0 Å². The third-order valence-corrected chi connectivity index (χ3v) is 7.47. The summed E-state index contributed by atoms with van der Waals surface area (Å²) in [4.78, 5) is 27.2. The lowest BCUT2D eigenvalue weighted by molar-refractivity contribution is -0.113. The molecule has 0 unspecified atom stereocenters.